The fourth-order valence-electron chi connectivity index (χ4n) is 6.60. The maximum atomic E-state index is 12.9. The van der Waals surface area contributed by atoms with Gasteiger partial charge in [-0.1, -0.05) is 6.07 Å². The Balaban J connectivity index is 1.20. The van der Waals surface area contributed by atoms with Crippen LogP contribution in [0.1, 0.15) is 38.5 Å². The van der Waals surface area contributed by atoms with Crippen LogP contribution in [0.25, 0.3) is 0 Å². The van der Waals surface area contributed by atoms with Crippen molar-refractivity contribution in [3.8, 4) is 0 Å². The van der Waals surface area contributed by atoms with E-state index < -0.39 is 39.5 Å². The molecule has 5 fully saturated rings. The Kier molecular flexibility index (Phi) is 5.75. The number of nitrogens with one attached hydrogen (secondary N) is 1. The number of anilines is 1. The van der Waals surface area contributed by atoms with Crippen LogP contribution >= 0.6 is 0 Å². The predicted molar refractivity (Wildman–Crippen MR) is 118 cm³/mol. The first-order valence-corrected chi connectivity index (χ1v) is 13.0. The molecule has 2 atom stereocenters. The van der Waals surface area contributed by atoms with Crippen molar-refractivity contribution in [3.63, 3.8) is 0 Å². The third-order valence-electron chi connectivity index (χ3n) is 7.52. The molecule has 1 amide bonds. The minimum atomic E-state index is -3.68. The fourth-order valence-corrected chi connectivity index (χ4v) is 8.06. The Morgan fingerprint density at radius 1 is 1.15 bits per heavy atom. The van der Waals surface area contributed by atoms with E-state index in [4.69, 9.17) is 9.47 Å². The first kappa shape index (κ1) is 22.8. The first-order chi connectivity index (χ1) is 15.7. The maximum absolute atomic E-state index is 12.9. The standard InChI is InChI=1S/C23H30N2O7S/c26-20(14-32-21(27)22-10-16-8-17(11-22)13-23(28,12-16)15-22)24-18-2-1-3-19(9-18)33(29,30)25-4-6-31-7-5-25/h1-3,9,16-17,28H,4-8,10-15H2,(H,24,26). The smallest absolute Gasteiger partial charge is 0.312 e. The zero-order chi connectivity index (χ0) is 23.3. The summed E-state index contributed by atoms with van der Waals surface area (Å²) in [4.78, 5) is 25.5. The van der Waals surface area contributed by atoms with Gasteiger partial charge in [0.1, 0.15) is 0 Å². The topological polar surface area (TPSA) is 122 Å². The minimum Gasteiger partial charge on any atom is -0.455 e. The molecule has 9 nitrogen and oxygen atoms in total. The molecule has 1 aliphatic heterocycles. The number of carbonyl (C=O) groups is 2. The average molecular weight is 479 g/mol. The zero-order valence-corrected chi connectivity index (χ0v) is 19.3. The largest absolute Gasteiger partial charge is 0.455 e. The lowest BCUT2D eigenvalue weighted by molar-refractivity contribution is -0.196. The van der Waals surface area contributed by atoms with Crippen molar-refractivity contribution in [3.05, 3.63) is 24.3 Å². The van der Waals surface area contributed by atoms with Crippen LogP contribution in [0.2, 0.25) is 0 Å². The van der Waals surface area contributed by atoms with Gasteiger partial charge in [0.15, 0.2) is 6.61 Å². The molecule has 4 aliphatic carbocycles. The molecule has 1 aromatic carbocycles. The van der Waals surface area contributed by atoms with Gasteiger partial charge in [-0.05, 0) is 68.6 Å². The van der Waals surface area contributed by atoms with Crippen molar-refractivity contribution < 1.29 is 32.6 Å². The summed E-state index contributed by atoms with van der Waals surface area (Å²) in [6.45, 7) is 0.818. The number of amides is 1. The molecular formula is C23H30N2O7S. The Morgan fingerprint density at radius 3 is 2.52 bits per heavy atom. The quantitative estimate of drug-likeness (QED) is 0.595. The summed E-state index contributed by atoms with van der Waals surface area (Å²) < 4.78 is 37.7. The number of sulfonamides is 1. The maximum Gasteiger partial charge on any atom is 0.312 e. The summed E-state index contributed by atoms with van der Waals surface area (Å²) in [5.41, 5.74) is -1.15. The second kappa shape index (κ2) is 8.33. The van der Waals surface area contributed by atoms with Gasteiger partial charge in [0.25, 0.3) is 5.91 Å². The van der Waals surface area contributed by atoms with E-state index >= 15 is 0 Å². The minimum absolute atomic E-state index is 0.0843. The molecule has 180 valence electrons. The van der Waals surface area contributed by atoms with Crippen LogP contribution < -0.4 is 5.32 Å². The predicted octanol–water partition coefficient (Wildman–Crippen LogP) is 1.52. The number of rotatable bonds is 6. The van der Waals surface area contributed by atoms with Crippen LogP contribution in [0.3, 0.4) is 0 Å². The highest BCUT2D eigenvalue weighted by atomic mass is 32.2. The molecule has 1 saturated heterocycles. The molecular weight excluding hydrogens is 448 g/mol. The highest BCUT2D eigenvalue weighted by molar-refractivity contribution is 7.89. The number of hydrogen-bond donors (Lipinski definition) is 2. The molecule has 0 radical (unpaired) electrons. The van der Waals surface area contributed by atoms with E-state index in [0.717, 1.165) is 19.3 Å². The number of ether oxygens (including phenoxy) is 2. The number of benzene rings is 1. The van der Waals surface area contributed by atoms with Gasteiger partial charge in [0, 0.05) is 18.8 Å². The normalized spacial score (nSPS) is 33.6. The van der Waals surface area contributed by atoms with Crippen LogP contribution in [0.4, 0.5) is 5.69 Å². The van der Waals surface area contributed by atoms with Gasteiger partial charge in [-0.25, -0.2) is 8.42 Å². The molecule has 0 spiro atoms. The van der Waals surface area contributed by atoms with Crippen LogP contribution in [0.15, 0.2) is 29.2 Å². The molecule has 33 heavy (non-hydrogen) atoms. The lowest BCUT2D eigenvalue weighted by Gasteiger charge is -2.58. The second-order valence-corrected chi connectivity index (χ2v) is 12.1. The lowest BCUT2D eigenvalue weighted by Crippen LogP contribution is -2.58. The van der Waals surface area contributed by atoms with Crippen LogP contribution in [0.5, 0.6) is 0 Å². The van der Waals surface area contributed by atoms with E-state index in [1.807, 2.05) is 0 Å². The van der Waals surface area contributed by atoms with E-state index in [2.05, 4.69) is 5.32 Å². The van der Waals surface area contributed by atoms with E-state index in [-0.39, 0.29) is 18.0 Å². The second-order valence-electron chi connectivity index (χ2n) is 10.1. The number of hydrogen-bond acceptors (Lipinski definition) is 7. The van der Waals surface area contributed by atoms with E-state index in [9.17, 15) is 23.1 Å². The zero-order valence-electron chi connectivity index (χ0n) is 18.5. The van der Waals surface area contributed by atoms with Gasteiger partial charge in [-0.15, -0.1) is 0 Å². The summed E-state index contributed by atoms with van der Waals surface area (Å²) >= 11 is 0. The third kappa shape index (κ3) is 4.41. The Labute approximate surface area is 193 Å². The van der Waals surface area contributed by atoms with Crippen LogP contribution in [0, 0.1) is 17.3 Å². The number of nitrogens with zero attached hydrogens (tertiary/aromatic N) is 1. The van der Waals surface area contributed by atoms with Gasteiger partial charge in [0.2, 0.25) is 10.0 Å². The lowest BCUT2D eigenvalue weighted by atomic mass is 9.48. The van der Waals surface area contributed by atoms with Crippen molar-refractivity contribution in [2.45, 2.75) is 49.0 Å². The van der Waals surface area contributed by atoms with Crippen LogP contribution in [-0.2, 0) is 29.1 Å². The molecule has 2 N–H and O–H groups in total. The molecule has 4 bridgehead atoms. The summed E-state index contributed by atoms with van der Waals surface area (Å²) in [7, 11) is -3.68. The molecule has 2 unspecified atom stereocenters. The number of carbonyl (C=O) groups excluding carboxylic acids is 2. The van der Waals surface area contributed by atoms with E-state index in [1.165, 1.54) is 16.4 Å². The molecule has 4 saturated carbocycles. The summed E-state index contributed by atoms with van der Waals surface area (Å²) in [5.74, 6) is -0.260. The highest BCUT2D eigenvalue weighted by Gasteiger charge is 2.60. The monoisotopic (exact) mass is 478 g/mol. The van der Waals surface area contributed by atoms with Gasteiger partial charge < -0.3 is 19.9 Å². The van der Waals surface area contributed by atoms with Gasteiger partial charge in [0.05, 0.1) is 29.1 Å². The third-order valence-corrected chi connectivity index (χ3v) is 9.42. The van der Waals surface area contributed by atoms with Gasteiger partial charge >= 0.3 is 5.97 Å². The van der Waals surface area contributed by atoms with Crippen LogP contribution in [-0.4, -0.2) is 68.2 Å². The highest BCUT2D eigenvalue weighted by Crippen LogP contribution is 2.61. The van der Waals surface area contributed by atoms with Gasteiger partial charge in [-0.2, -0.15) is 4.31 Å². The Hall–Kier alpha value is -2.01. The Morgan fingerprint density at radius 2 is 1.85 bits per heavy atom. The van der Waals surface area contributed by atoms with Crippen molar-refractivity contribution >= 4 is 27.6 Å². The molecule has 0 aromatic heterocycles. The summed E-state index contributed by atoms with van der Waals surface area (Å²) in [5, 5.41) is 13.4. The number of esters is 1. The molecule has 5 aliphatic rings. The summed E-state index contributed by atoms with van der Waals surface area (Å²) in [6.07, 6.45) is 4.41. The van der Waals surface area contributed by atoms with E-state index in [1.54, 1.807) is 12.1 Å². The molecule has 6 rings (SSSR count). The number of aliphatic hydroxyl groups is 1. The van der Waals surface area contributed by atoms with Gasteiger partial charge in [-0.3, -0.25) is 9.59 Å². The average Bonchev–Trinajstić information content (AvgIpc) is 2.76. The van der Waals surface area contributed by atoms with Crippen molar-refractivity contribution in [1.82, 2.24) is 4.31 Å². The SMILES string of the molecule is O=C(COC(=O)C12CC3CC(CC(O)(C3)C1)C2)Nc1cccc(S(=O)(=O)N2CCOCC2)c1. The summed E-state index contributed by atoms with van der Waals surface area (Å²) in [6, 6.07) is 6.04. The van der Waals surface area contributed by atoms with Crippen molar-refractivity contribution in [2.24, 2.45) is 17.3 Å². The molecule has 1 heterocycles. The molecule has 10 heteroatoms. The molecule has 1 aromatic rings. The van der Waals surface area contributed by atoms with Crippen molar-refractivity contribution in [1.29, 1.82) is 0 Å². The number of morpholine rings is 1. The fraction of sp³-hybridized carbons (Fsp3) is 0.652. The van der Waals surface area contributed by atoms with E-state index in [0.29, 0.717) is 50.0 Å². The van der Waals surface area contributed by atoms with Crippen molar-refractivity contribution in [2.75, 3.05) is 38.2 Å². The first-order valence-electron chi connectivity index (χ1n) is 11.6. The Bertz CT molecular complexity index is 1040.